The van der Waals surface area contributed by atoms with Crippen LogP contribution in [-0.2, 0) is 9.47 Å². The number of morpholine rings is 1. The lowest BCUT2D eigenvalue weighted by atomic mass is 10.3. The summed E-state index contributed by atoms with van der Waals surface area (Å²) in [5.74, 6) is 0.785. The molecule has 6 heteroatoms. The molecule has 0 aromatic heterocycles. The molecule has 0 bridgehead atoms. The van der Waals surface area contributed by atoms with Crippen molar-refractivity contribution in [1.82, 2.24) is 9.80 Å². The molecule has 1 heterocycles. The number of rotatable bonds is 4. The molecule has 0 atom stereocenters. The van der Waals surface area contributed by atoms with E-state index in [9.17, 15) is 4.79 Å². The van der Waals surface area contributed by atoms with Crippen molar-refractivity contribution in [2.24, 2.45) is 4.99 Å². The molecule has 6 nitrogen and oxygen atoms in total. The zero-order chi connectivity index (χ0) is 13.4. The smallest absolute Gasteiger partial charge is 0.435 e. The van der Waals surface area contributed by atoms with Crippen LogP contribution in [0.5, 0.6) is 0 Å². The van der Waals surface area contributed by atoms with Gasteiger partial charge in [-0.25, -0.2) is 4.79 Å². The summed E-state index contributed by atoms with van der Waals surface area (Å²) < 4.78 is 10.3. The molecule has 1 fully saturated rings. The van der Waals surface area contributed by atoms with Gasteiger partial charge < -0.3 is 19.3 Å². The molecule has 0 spiro atoms. The summed E-state index contributed by atoms with van der Waals surface area (Å²) in [6.45, 7) is 6.02. The van der Waals surface area contributed by atoms with Crippen molar-refractivity contribution >= 4 is 11.9 Å². The number of ether oxygens (including phenoxy) is 2. The molecule has 0 aliphatic carbocycles. The third kappa shape index (κ3) is 5.46. The number of nitrogens with zero attached hydrogens (tertiary/aromatic N) is 3. The molecule has 1 aliphatic heterocycles. The number of amidine groups is 1. The van der Waals surface area contributed by atoms with Crippen LogP contribution in [0.15, 0.2) is 4.99 Å². The van der Waals surface area contributed by atoms with Gasteiger partial charge in [0.2, 0.25) is 0 Å². The summed E-state index contributed by atoms with van der Waals surface area (Å²) >= 11 is 0. The largest absolute Gasteiger partial charge is 0.447 e. The first-order chi connectivity index (χ1) is 8.63. The summed E-state index contributed by atoms with van der Waals surface area (Å²) in [7, 11) is 3.87. The third-order valence-corrected chi connectivity index (χ3v) is 2.68. The van der Waals surface area contributed by atoms with Crippen molar-refractivity contribution in [3.63, 3.8) is 0 Å². The van der Waals surface area contributed by atoms with Crippen molar-refractivity contribution < 1.29 is 14.3 Å². The van der Waals surface area contributed by atoms with Gasteiger partial charge in [-0.3, -0.25) is 0 Å². The van der Waals surface area contributed by atoms with E-state index in [1.54, 1.807) is 0 Å². The lowest BCUT2D eigenvalue weighted by molar-refractivity contribution is 0.0670. The maximum atomic E-state index is 11.6. The Labute approximate surface area is 109 Å². The minimum Gasteiger partial charge on any atom is -0.447 e. The second-order valence-electron chi connectivity index (χ2n) is 4.40. The quantitative estimate of drug-likeness (QED) is 0.551. The number of likely N-dealkylation sites (N-methyl/N-ethyl adjacent to an activating group) is 1. The van der Waals surface area contributed by atoms with E-state index < -0.39 is 6.09 Å². The molecule has 1 aliphatic rings. The first kappa shape index (κ1) is 14.9. The van der Waals surface area contributed by atoms with E-state index >= 15 is 0 Å². The molecule has 1 rings (SSSR count). The Morgan fingerprint density at radius 2 is 2.06 bits per heavy atom. The van der Waals surface area contributed by atoms with Crippen molar-refractivity contribution in [3.05, 3.63) is 0 Å². The normalized spacial score (nSPS) is 17.1. The maximum Gasteiger partial charge on any atom is 0.435 e. The van der Waals surface area contributed by atoms with Gasteiger partial charge >= 0.3 is 6.09 Å². The van der Waals surface area contributed by atoms with Gasteiger partial charge in [0, 0.05) is 26.1 Å². The lowest BCUT2D eigenvalue weighted by Crippen LogP contribution is -2.40. The van der Waals surface area contributed by atoms with E-state index in [-0.39, 0.29) is 0 Å². The fraction of sp³-hybridized carbons (Fsp3) is 0.833. The molecule has 0 aromatic rings. The number of aliphatic imine (C=N–C) groups is 1. The van der Waals surface area contributed by atoms with Gasteiger partial charge in [0.15, 0.2) is 0 Å². The van der Waals surface area contributed by atoms with Gasteiger partial charge in [0.25, 0.3) is 0 Å². The minimum atomic E-state index is -0.500. The molecule has 104 valence electrons. The molecular formula is C12H23N3O3. The van der Waals surface area contributed by atoms with Gasteiger partial charge in [-0.2, -0.15) is 4.99 Å². The van der Waals surface area contributed by atoms with E-state index in [0.717, 1.165) is 25.3 Å². The van der Waals surface area contributed by atoms with Crippen LogP contribution in [0.3, 0.4) is 0 Å². The number of amides is 1. The Kier molecular flexibility index (Phi) is 6.67. The van der Waals surface area contributed by atoms with E-state index in [0.29, 0.717) is 26.4 Å². The molecule has 0 saturated carbocycles. The number of hydrogen-bond acceptors (Lipinski definition) is 4. The Morgan fingerprint density at radius 3 is 2.61 bits per heavy atom. The van der Waals surface area contributed by atoms with Gasteiger partial charge in [-0.05, 0) is 14.1 Å². The van der Waals surface area contributed by atoms with E-state index in [1.165, 1.54) is 0 Å². The van der Waals surface area contributed by atoms with E-state index in [4.69, 9.17) is 9.47 Å². The summed E-state index contributed by atoms with van der Waals surface area (Å²) in [6.07, 6.45) is 0.225. The van der Waals surface area contributed by atoms with Crippen LogP contribution >= 0.6 is 0 Å². The standard InChI is InChI=1S/C12H23N3O3/c1-4-11(15-6-8-17-9-7-15)13-12(16)18-10-5-14(2)3/h4-10H2,1-3H3/b13-11-. The number of carbonyl (C=O) groups is 1. The first-order valence-electron chi connectivity index (χ1n) is 6.35. The highest BCUT2D eigenvalue weighted by Gasteiger charge is 2.15. The molecule has 18 heavy (non-hydrogen) atoms. The van der Waals surface area contributed by atoms with Crippen molar-refractivity contribution in [1.29, 1.82) is 0 Å². The molecule has 0 unspecified atom stereocenters. The fourth-order valence-corrected chi connectivity index (χ4v) is 1.65. The molecular weight excluding hydrogens is 234 g/mol. The second-order valence-corrected chi connectivity index (χ2v) is 4.40. The van der Waals surface area contributed by atoms with Crippen LogP contribution in [0.1, 0.15) is 13.3 Å². The Bertz CT molecular complexity index is 286. The van der Waals surface area contributed by atoms with Crippen LogP contribution in [0.4, 0.5) is 4.79 Å². The maximum absolute atomic E-state index is 11.6. The van der Waals surface area contributed by atoms with E-state index in [2.05, 4.69) is 9.89 Å². The summed E-state index contributed by atoms with van der Waals surface area (Å²) in [6, 6.07) is 0. The fourth-order valence-electron chi connectivity index (χ4n) is 1.65. The zero-order valence-corrected chi connectivity index (χ0v) is 11.5. The first-order valence-corrected chi connectivity index (χ1v) is 6.35. The van der Waals surface area contributed by atoms with Crippen LogP contribution in [-0.4, -0.2) is 75.3 Å². The molecule has 0 radical (unpaired) electrons. The van der Waals surface area contributed by atoms with Gasteiger partial charge in [-0.15, -0.1) is 0 Å². The zero-order valence-electron chi connectivity index (χ0n) is 11.5. The predicted octanol–water partition coefficient (Wildman–Crippen LogP) is 0.825. The average Bonchev–Trinajstić information content (AvgIpc) is 2.36. The van der Waals surface area contributed by atoms with Crippen molar-refractivity contribution in [3.8, 4) is 0 Å². The minimum absolute atomic E-state index is 0.370. The molecule has 0 aromatic carbocycles. The number of hydrogen-bond donors (Lipinski definition) is 0. The lowest BCUT2D eigenvalue weighted by Gasteiger charge is -2.29. The molecule has 1 saturated heterocycles. The topological polar surface area (TPSA) is 54.4 Å². The molecule has 1 amide bonds. The Morgan fingerprint density at radius 1 is 1.39 bits per heavy atom. The van der Waals surface area contributed by atoms with Crippen LogP contribution in [0, 0.1) is 0 Å². The van der Waals surface area contributed by atoms with Crippen LogP contribution in [0.25, 0.3) is 0 Å². The monoisotopic (exact) mass is 257 g/mol. The van der Waals surface area contributed by atoms with E-state index in [1.807, 2.05) is 25.9 Å². The van der Waals surface area contributed by atoms with Gasteiger partial charge in [0.05, 0.1) is 13.2 Å². The van der Waals surface area contributed by atoms with Gasteiger partial charge in [0.1, 0.15) is 12.4 Å². The second kappa shape index (κ2) is 8.05. The number of carbonyl (C=O) groups excluding carboxylic acids is 1. The van der Waals surface area contributed by atoms with Crippen LogP contribution in [0.2, 0.25) is 0 Å². The Hall–Kier alpha value is -1.14. The highest BCUT2D eigenvalue weighted by atomic mass is 16.5. The highest BCUT2D eigenvalue weighted by Crippen LogP contribution is 2.03. The third-order valence-electron chi connectivity index (χ3n) is 2.68. The SMILES string of the molecule is CC/C(=N/C(=O)OCCN(C)C)N1CCOCC1. The summed E-state index contributed by atoms with van der Waals surface area (Å²) in [4.78, 5) is 19.6. The average molecular weight is 257 g/mol. The highest BCUT2D eigenvalue weighted by molar-refractivity contribution is 5.91. The van der Waals surface area contributed by atoms with Crippen LogP contribution < -0.4 is 0 Å². The summed E-state index contributed by atoms with van der Waals surface area (Å²) in [5.41, 5.74) is 0. The van der Waals surface area contributed by atoms with Crippen molar-refractivity contribution in [2.45, 2.75) is 13.3 Å². The summed E-state index contributed by atoms with van der Waals surface area (Å²) in [5, 5.41) is 0. The van der Waals surface area contributed by atoms with Crippen molar-refractivity contribution in [2.75, 3.05) is 53.6 Å². The Balaban J connectivity index is 2.41. The predicted molar refractivity (Wildman–Crippen MR) is 70.0 cm³/mol. The molecule has 0 N–H and O–H groups in total. The van der Waals surface area contributed by atoms with Gasteiger partial charge in [-0.1, -0.05) is 6.92 Å².